The zero-order valence-electron chi connectivity index (χ0n) is 12.2. The fraction of sp³-hybridized carbons (Fsp3) is 0.167. The third-order valence-corrected chi connectivity index (χ3v) is 3.32. The van der Waals surface area contributed by atoms with Gasteiger partial charge >= 0.3 is 0 Å². The quantitative estimate of drug-likeness (QED) is 0.794. The van der Waals surface area contributed by atoms with Crippen molar-refractivity contribution in [2.45, 2.75) is 13.8 Å². The fourth-order valence-corrected chi connectivity index (χ4v) is 2.12. The van der Waals surface area contributed by atoms with Gasteiger partial charge in [0.2, 0.25) is 0 Å². The van der Waals surface area contributed by atoms with Crippen molar-refractivity contribution in [3.05, 3.63) is 66.4 Å². The van der Waals surface area contributed by atoms with Crippen molar-refractivity contribution in [1.29, 1.82) is 5.41 Å². The maximum atomic E-state index is 7.52. The van der Waals surface area contributed by atoms with Crippen LogP contribution in [0.1, 0.15) is 13.8 Å². The highest BCUT2D eigenvalue weighted by molar-refractivity contribution is 5.91. The van der Waals surface area contributed by atoms with Crippen LogP contribution in [0.5, 0.6) is 0 Å². The minimum Gasteiger partial charge on any atom is -0.348 e. The van der Waals surface area contributed by atoms with Crippen molar-refractivity contribution in [2.24, 2.45) is 0 Å². The van der Waals surface area contributed by atoms with Crippen LogP contribution >= 0.6 is 0 Å². The van der Waals surface area contributed by atoms with E-state index in [0.717, 1.165) is 11.4 Å². The van der Waals surface area contributed by atoms with Crippen molar-refractivity contribution in [3.8, 4) is 11.1 Å². The van der Waals surface area contributed by atoms with Crippen LogP contribution in [-0.2, 0) is 0 Å². The smallest absolute Gasteiger partial charge is 0.0405 e. The van der Waals surface area contributed by atoms with Gasteiger partial charge in [-0.05, 0) is 43.2 Å². The average Bonchev–Trinajstić information content (AvgIpc) is 2.47. The highest BCUT2D eigenvalue weighted by Gasteiger charge is 2.03. The summed E-state index contributed by atoms with van der Waals surface area (Å²) in [5.74, 6) is 0. The molecule has 0 radical (unpaired) electrons. The van der Waals surface area contributed by atoms with Crippen LogP contribution < -0.4 is 4.90 Å². The number of anilines is 1. The zero-order valence-corrected chi connectivity index (χ0v) is 12.2. The number of nitrogens with zero attached hydrogens (tertiary/aromatic N) is 1. The van der Waals surface area contributed by atoms with E-state index in [1.54, 1.807) is 6.92 Å². The number of benzene rings is 2. The first-order chi connectivity index (χ1) is 9.58. The molecule has 2 nitrogen and oxygen atoms in total. The normalized spacial score (nSPS) is 11.2. The summed E-state index contributed by atoms with van der Waals surface area (Å²) in [4.78, 5) is 2.09. The molecule has 0 heterocycles. The van der Waals surface area contributed by atoms with Crippen molar-refractivity contribution in [1.82, 2.24) is 0 Å². The first kappa shape index (κ1) is 14.1. The molecular weight excluding hydrogens is 244 g/mol. The number of nitrogens with one attached hydrogen (secondary N) is 1. The Bertz CT molecular complexity index is 610. The summed E-state index contributed by atoms with van der Waals surface area (Å²) in [5.41, 5.74) is 5.19. The van der Waals surface area contributed by atoms with Crippen molar-refractivity contribution >= 4 is 11.4 Å². The monoisotopic (exact) mass is 264 g/mol. The van der Waals surface area contributed by atoms with Gasteiger partial charge in [0.15, 0.2) is 0 Å². The van der Waals surface area contributed by atoms with E-state index < -0.39 is 0 Å². The lowest BCUT2D eigenvalue weighted by Crippen LogP contribution is -2.14. The summed E-state index contributed by atoms with van der Waals surface area (Å²) < 4.78 is 0. The third-order valence-electron chi connectivity index (χ3n) is 3.32. The Labute approximate surface area is 120 Å². The summed E-state index contributed by atoms with van der Waals surface area (Å²) >= 11 is 0. The SMILES string of the molecule is CC(=N)/C=C(/C)N(C)c1ccc(-c2ccccc2)cc1. The lowest BCUT2D eigenvalue weighted by molar-refractivity contribution is 1.09. The van der Waals surface area contributed by atoms with E-state index in [-0.39, 0.29) is 0 Å². The van der Waals surface area contributed by atoms with Gasteiger partial charge in [-0.25, -0.2) is 0 Å². The van der Waals surface area contributed by atoms with Gasteiger partial charge in [0.1, 0.15) is 0 Å². The molecule has 2 rings (SSSR count). The van der Waals surface area contributed by atoms with E-state index in [1.165, 1.54) is 11.1 Å². The van der Waals surface area contributed by atoms with E-state index in [9.17, 15) is 0 Å². The third kappa shape index (κ3) is 3.35. The largest absolute Gasteiger partial charge is 0.348 e. The molecule has 20 heavy (non-hydrogen) atoms. The Morgan fingerprint density at radius 2 is 1.45 bits per heavy atom. The first-order valence-corrected chi connectivity index (χ1v) is 6.70. The molecule has 0 spiro atoms. The topological polar surface area (TPSA) is 27.1 Å². The molecular formula is C18H20N2. The predicted octanol–water partition coefficient (Wildman–Crippen LogP) is 4.73. The zero-order chi connectivity index (χ0) is 14.5. The number of hydrogen-bond donors (Lipinski definition) is 1. The molecule has 0 aliphatic carbocycles. The lowest BCUT2D eigenvalue weighted by Gasteiger charge is -2.20. The van der Waals surface area contributed by atoms with Gasteiger partial charge in [-0.2, -0.15) is 0 Å². The average molecular weight is 264 g/mol. The van der Waals surface area contributed by atoms with E-state index in [0.29, 0.717) is 5.71 Å². The van der Waals surface area contributed by atoms with Crippen LogP contribution in [0.4, 0.5) is 5.69 Å². The Morgan fingerprint density at radius 3 is 2.00 bits per heavy atom. The molecule has 1 N–H and O–H groups in total. The van der Waals surface area contributed by atoms with Gasteiger partial charge in [0.25, 0.3) is 0 Å². The Hall–Kier alpha value is -2.35. The van der Waals surface area contributed by atoms with E-state index in [1.807, 2.05) is 26.1 Å². The Kier molecular flexibility index (Phi) is 4.36. The summed E-state index contributed by atoms with van der Waals surface area (Å²) in [6.45, 7) is 3.80. The molecule has 0 amide bonds. The van der Waals surface area contributed by atoms with Crippen LogP contribution in [0.25, 0.3) is 11.1 Å². The predicted molar refractivity (Wildman–Crippen MR) is 87.4 cm³/mol. The molecule has 102 valence electrons. The number of rotatable bonds is 4. The standard InChI is InChI=1S/C18H20N2/c1-14(19)13-15(2)20(3)18-11-9-17(10-12-18)16-7-5-4-6-8-16/h4-13,19H,1-3H3/b15-13-,19-14?. The summed E-state index contributed by atoms with van der Waals surface area (Å²) in [6.07, 6.45) is 1.87. The Balaban J connectivity index is 2.22. The number of allylic oxidation sites excluding steroid dienone is 2. The maximum Gasteiger partial charge on any atom is 0.0405 e. The van der Waals surface area contributed by atoms with Gasteiger partial charge in [-0.1, -0.05) is 42.5 Å². The van der Waals surface area contributed by atoms with Crippen molar-refractivity contribution in [2.75, 3.05) is 11.9 Å². The highest BCUT2D eigenvalue weighted by Crippen LogP contribution is 2.24. The van der Waals surface area contributed by atoms with Crippen LogP contribution in [0.2, 0.25) is 0 Å². The fourth-order valence-electron chi connectivity index (χ4n) is 2.12. The van der Waals surface area contributed by atoms with Crippen molar-refractivity contribution in [3.63, 3.8) is 0 Å². The Morgan fingerprint density at radius 1 is 0.900 bits per heavy atom. The van der Waals surface area contributed by atoms with Crippen LogP contribution in [0, 0.1) is 5.41 Å². The first-order valence-electron chi connectivity index (χ1n) is 6.70. The minimum atomic E-state index is 0.565. The molecule has 0 aliphatic heterocycles. The second kappa shape index (κ2) is 6.20. The van der Waals surface area contributed by atoms with E-state index >= 15 is 0 Å². The molecule has 2 heteroatoms. The van der Waals surface area contributed by atoms with Crippen molar-refractivity contribution < 1.29 is 0 Å². The summed E-state index contributed by atoms with van der Waals surface area (Å²) in [6, 6.07) is 18.8. The van der Waals surface area contributed by atoms with Gasteiger partial charge in [-0.3, -0.25) is 0 Å². The van der Waals surface area contributed by atoms with Gasteiger partial charge < -0.3 is 10.3 Å². The molecule has 0 saturated carbocycles. The van der Waals surface area contributed by atoms with E-state index in [4.69, 9.17) is 5.41 Å². The minimum absolute atomic E-state index is 0.565. The van der Waals surface area contributed by atoms with Gasteiger partial charge in [0, 0.05) is 24.1 Å². The molecule has 0 aliphatic rings. The lowest BCUT2D eigenvalue weighted by atomic mass is 10.1. The molecule has 0 saturated heterocycles. The maximum absolute atomic E-state index is 7.52. The van der Waals surface area contributed by atoms with Crippen LogP contribution in [0.15, 0.2) is 66.4 Å². The molecule has 0 unspecified atom stereocenters. The molecule has 0 fully saturated rings. The molecule has 2 aromatic carbocycles. The summed E-state index contributed by atoms with van der Waals surface area (Å²) in [5, 5.41) is 7.52. The summed E-state index contributed by atoms with van der Waals surface area (Å²) in [7, 11) is 2.02. The highest BCUT2D eigenvalue weighted by atomic mass is 15.1. The molecule has 0 bridgehead atoms. The van der Waals surface area contributed by atoms with Gasteiger partial charge in [0.05, 0.1) is 0 Å². The second-order valence-electron chi connectivity index (χ2n) is 4.94. The van der Waals surface area contributed by atoms with Gasteiger partial charge in [-0.15, -0.1) is 0 Å². The van der Waals surface area contributed by atoms with E-state index in [2.05, 4.69) is 53.4 Å². The molecule has 2 aromatic rings. The van der Waals surface area contributed by atoms with Crippen LogP contribution in [0.3, 0.4) is 0 Å². The van der Waals surface area contributed by atoms with Crippen LogP contribution in [-0.4, -0.2) is 12.8 Å². The second-order valence-corrected chi connectivity index (χ2v) is 4.94. The molecule has 0 aromatic heterocycles. The number of hydrogen-bond acceptors (Lipinski definition) is 2. The molecule has 0 atom stereocenters.